The number of unbranched alkanes of at least 4 members (excludes halogenated alkanes) is 5. The first-order valence-electron chi connectivity index (χ1n) is 8.19. The van der Waals surface area contributed by atoms with Crippen molar-refractivity contribution in [1.82, 2.24) is 0 Å². The molecule has 0 rings (SSSR count). The Hall–Kier alpha value is 0.137. The summed E-state index contributed by atoms with van der Waals surface area (Å²) in [7, 11) is -1.91. The molecule has 0 amide bonds. The fourth-order valence-corrected chi connectivity index (χ4v) is 4.05. The highest BCUT2D eigenvalue weighted by molar-refractivity contribution is 6.64. The number of rotatable bonds is 12. The molecular formula is C16H36O2Si. The van der Waals surface area contributed by atoms with Gasteiger partial charge in [0, 0.05) is 12.7 Å². The topological polar surface area (TPSA) is 18.5 Å². The van der Waals surface area contributed by atoms with Crippen molar-refractivity contribution >= 4 is 8.56 Å². The molecule has 0 spiro atoms. The molecule has 116 valence electrons. The zero-order chi connectivity index (χ0) is 14.7. The third-order valence-electron chi connectivity index (χ3n) is 3.21. The molecule has 1 unspecified atom stereocenters. The molecule has 19 heavy (non-hydrogen) atoms. The van der Waals surface area contributed by atoms with Crippen molar-refractivity contribution in [2.45, 2.75) is 91.8 Å². The van der Waals surface area contributed by atoms with Gasteiger partial charge in [-0.3, -0.25) is 0 Å². The second kappa shape index (κ2) is 10.9. The molecule has 0 aliphatic heterocycles. The maximum absolute atomic E-state index is 6.13. The molecule has 0 aromatic heterocycles. The van der Waals surface area contributed by atoms with E-state index in [4.69, 9.17) is 8.85 Å². The summed E-state index contributed by atoms with van der Waals surface area (Å²) in [6.07, 6.45) is 9.64. The lowest BCUT2D eigenvalue weighted by molar-refractivity contribution is 0.114. The Morgan fingerprint density at radius 3 is 2.05 bits per heavy atom. The first-order chi connectivity index (χ1) is 8.87. The monoisotopic (exact) mass is 288 g/mol. The van der Waals surface area contributed by atoms with E-state index in [0.717, 1.165) is 6.61 Å². The molecule has 0 bridgehead atoms. The van der Waals surface area contributed by atoms with Gasteiger partial charge in [-0.05, 0) is 32.4 Å². The van der Waals surface area contributed by atoms with Gasteiger partial charge in [-0.2, -0.15) is 0 Å². The summed E-state index contributed by atoms with van der Waals surface area (Å²) in [5.74, 6) is 0.587. The molecule has 1 atom stereocenters. The van der Waals surface area contributed by atoms with Crippen molar-refractivity contribution in [3.05, 3.63) is 0 Å². The van der Waals surface area contributed by atoms with E-state index < -0.39 is 8.56 Å². The van der Waals surface area contributed by atoms with Crippen LogP contribution in [0.4, 0.5) is 0 Å². The molecule has 0 aliphatic rings. The largest absolute Gasteiger partial charge is 0.394 e. The molecule has 3 heteroatoms. The highest BCUT2D eigenvalue weighted by Gasteiger charge is 2.27. The maximum atomic E-state index is 6.13. The fraction of sp³-hybridized carbons (Fsp3) is 1.00. The van der Waals surface area contributed by atoms with Gasteiger partial charge in [-0.1, -0.05) is 59.3 Å². The van der Waals surface area contributed by atoms with E-state index in [1.165, 1.54) is 44.9 Å². The molecule has 0 saturated heterocycles. The fourth-order valence-electron chi connectivity index (χ4n) is 2.16. The van der Waals surface area contributed by atoms with Gasteiger partial charge in [-0.25, -0.2) is 0 Å². The Bertz CT molecular complexity index is 205. The molecule has 2 nitrogen and oxygen atoms in total. The van der Waals surface area contributed by atoms with Crippen LogP contribution in [0.2, 0.25) is 13.1 Å². The minimum atomic E-state index is -1.91. The lowest BCUT2D eigenvalue weighted by Crippen LogP contribution is -2.39. The maximum Gasteiger partial charge on any atom is 0.331 e. The number of hydrogen-bond donors (Lipinski definition) is 0. The van der Waals surface area contributed by atoms with Gasteiger partial charge in [0.1, 0.15) is 0 Å². The highest BCUT2D eigenvalue weighted by Crippen LogP contribution is 2.16. The van der Waals surface area contributed by atoms with Crippen LogP contribution in [0.25, 0.3) is 0 Å². The van der Waals surface area contributed by atoms with Gasteiger partial charge < -0.3 is 8.85 Å². The van der Waals surface area contributed by atoms with Crippen LogP contribution >= 0.6 is 0 Å². The van der Waals surface area contributed by atoms with Gasteiger partial charge in [0.25, 0.3) is 0 Å². The molecule has 0 aromatic rings. The second-order valence-corrected chi connectivity index (χ2v) is 9.91. The van der Waals surface area contributed by atoms with Crippen LogP contribution in [0, 0.1) is 5.92 Å². The average Bonchev–Trinajstić information content (AvgIpc) is 2.31. The molecule has 0 saturated carbocycles. The van der Waals surface area contributed by atoms with Crippen LogP contribution in [0.1, 0.15) is 72.6 Å². The normalized spacial score (nSPS) is 14.1. The van der Waals surface area contributed by atoms with E-state index in [-0.39, 0.29) is 0 Å². The highest BCUT2D eigenvalue weighted by atomic mass is 28.4. The van der Waals surface area contributed by atoms with Crippen LogP contribution in [0.3, 0.4) is 0 Å². The lowest BCUT2D eigenvalue weighted by Gasteiger charge is -2.27. The SMILES string of the molecule is CCCCCCCCC(C)O[Si](C)(C)OCC(C)C. The standard InChI is InChI=1S/C16H36O2Si/c1-7-8-9-10-11-12-13-16(4)18-19(5,6)17-14-15(2)3/h15-16H,7-14H2,1-6H3. The average molecular weight is 289 g/mol. The third-order valence-corrected chi connectivity index (χ3v) is 5.05. The summed E-state index contributed by atoms with van der Waals surface area (Å²) in [4.78, 5) is 0. The van der Waals surface area contributed by atoms with Crippen LogP contribution in [0.5, 0.6) is 0 Å². The smallest absolute Gasteiger partial charge is 0.331 e. The zero-order valence-electron chi connectivity index (χ0n) is 14.1. The van der Waals surface area contributed by atoms with Crippen molar-refractivity contribution in [3.8, 4) is 0 Å². The van der Waals surface area contributed by atoms with E-state index in [0.29, 0.717) is 12.0 Å². The molecule has 0 N–H and O–H groups in total. The Balaban J connectivity index is 3.63. The van der Waals surface area contributed by atoms with Crippen LogP contribution in [-0.4, -0.2) is 21.3 Å². The van der Waals surface area contributed by atoms with Crippen molar-refractivity contribution in [2.75, 3.05) is 6.61 Å². The summed E-state index contributed by atoms with van der Waals surface area (Å²) in [6, 6.07) is 0. The Labute approximate surface area is 122 Å². The first-order valence-corrected chi connectivity index (χ1v) is 11.0. The molecule has 0 aromatic carbocycles. The molecule has 0 heterocycles. The van der Waals surface area contributed by atoms with Gasteiger partial charge in [-0.15, -0.1) is 0 Å². The lowest BCUT2D eigenvalue weighted by atomic mass is 10.1. The predicted octanol–water partition coefficient (Wildman–Crippen LogP) is 5.52. The minimum absolute atomic E-state index is 0.347. The second-order valence-electron chi connectivity index (χ2n) is 6.59. The van der Waals surface area contributed by atoms with Gasteiger partial charge >= 0.3 is 8.56 Å². The van der Waals surface area contributed by atoms with Crippen molar-refractivity contribution in [1.29, 1.82) is 0 Å². The summed E-state index contributed by atoms with van der Waals surface area (Å²) < 4.78 is 12.1. The summed E-state index contributed by atoms with van der Waals surface area (Å²) >= 11 is 0. The molecule has 0 radical (unpaired) electrons. The van der Waals surface area contributed by atoms with E-state index in [1.54, 1.807) is 0 Å². The number of hydrogen-bond acceptors (Lipinski definition) is 2. The van der Waals surface area contributed by atoms with Crippen molar-refractivity contribution in [3.63, 3.8) is 0 Å². The van der Waals surface area contributed by atoms with Crippen LogP contribution < -0.4 is 0 Å². The van der Waals surface area contributed by atoms with E-state index in [1.807, 2.05) is 0 Å². The third kappa shape index (κ3) is 12.9. The Kier molecular flexibility index (Phi) is 10.9. The quantitative estimate of drug-likeness (QED) is 0.348. The van der Waals surface area contributed by atoms with Crippen molar-refractivity contribution < 1.29 is 8.85 Å². The Morgan fingerprint density at radius 2 is 1.47 bits per heavy atom. The van der Waals surface area contributed by atoms with Gasteiger partial charge in [0.05, 0.1) is 0 Å². The molecular weight excluding hydrogens is 252 g/mol. The summed E-state index contributed by atoms with van der Waals surface area (Å²) in [6.45, 7) is 14.0. The summed E-state index contributed by atoms with van der Waals surface area (Å²) in [5.41, 5.74) is 0. The molecule has 0 aliphatic carbocycles. The summed E-state index contributed by atoms with van der Waals surface area (Å²) in [5, 5.41) is 0. The first kappa shape index (κ1) is 19.1. The van der Waals surface area contributed by atoms with Crippen LogP contribution in [-0.2, 0) is 8.85 Å². The van der Waals surface area contributed by atoms with Crippen molar-refractivity contribution in [2.24, 2.45) is 5.92 Å². The van der Waals surface area contributed by atoms with E-state index >= 15 is 0 Å². The van der Waals surface area contributed by atoms with E-state index in [2.05, 4.69) is 40.8 Å². The van der Waals surface area contributed by atoms with Crippen LogP contribution in [0.15, 0.2) is 0 Å². The van der Waals surface area contributed by atoms with E-state index in [9.17, 15) is 0 Å². The van der Waals surface area contributed by atoms with Gasteiger partial charge in [0.2, 0.25) is 0 Å². The minimum Gasteiger partial charge on any atom is -0.394 e. The zero-order valence-corrected chi connectivity index (χ0v) is 15.1. The molecule has 0 fully saturated rings. The predicted molar refractivity (Wildman–Crippen MR) is 86.8 cm³/mol. The van der Waals surface area contributed by atoms with Gasteiger partial charge in [0.15, 0.2) is 0 Å². The Morgan fingerprint density at radius 1 is 0.895 bits per heavy atom.